The summed E-state index contributed by atoms with van der Waals surface area (Å²) in [5.41, 5.74) is 4.15. The van der Waals surface area contributed by atoms with Gasteiger partial charge in [-0.15, -0.1) is 0 Å². The molecule has 0 aromatic heterocycles. The fraction of sp³-hybridized carbons (Fsp3) is 0.632. The van der Waals surface area contributed by atoms with Crippen LogP contribution < -0.4 is 4.90 Å². The first-order valence-electron chi connectivity index (χ1n) is 8.66. The number of para-hydroxylation sites is 1. The molecule has 0 unspecified atom stereocenters. The second-order valence-electron chi connectivity index (χ2n) is 6.64. The minimum absolute atomic E-state index is 0.329. The third kappa shape index (κ3) is 3.82. The van der Waals surface area contributed by atoms with Crippen LogP contribution >= 0.6 is 0 Å². The predicted molar refractivity (Wildman–Crippen MR) is 93.6 cm³/mol. The molecular formula is C19H30N2O. The van der Waals surface area contributed by atoms with E-state index in [1.54, 1.807) is 0 Å². The van der Waals surface area contributed by atoms with Gasteiger partial charge in [-0.1, -0.05) is 45.4 Å². The first kappa shape index (κ1) is 16.9. The average molecular weight is 302 g/mol. The Morgan fingerprint density at radius 1 is 1.18 bits per heavy atom. The van der Waals surface area contributed by atoms with Crippen LogP contribution in [-0.2, 0) is 4.79 Å². The number of benzene rings is 1. The number of nitrogens with zero attached hydrogens (tertiary/aromatic N) is 2. The molecule has 122 valence electrons. The van der Waals surface area contributed by atoms with Gasteiger partial charge in [0.15, 0.2) is 0 Å². The maximum absolute atomic E-state index is 12.1. The van der Waals surface area contributed by atoms with Crippen LogP contribution in [0.2, 0.25) is 0 Å². The summed E-state index contributed by atoms with van der Waals surface area (Å²) in [6, 6.07) is 6.59. The molecule has 0 spiro atoms. The molecule has 0 N–H and O–H groups in total. The van der Waals surface area contributed by atoms with E-state index in [-0.39, 0.29) is 0 Å². The van der Waals surface area contributed by atoms with Gasteiger partial charge in [0.2, 0.25) is 5.91 Å². The number of carbonyl (C=O) groups is 1. The zero-order valence-corrected chi connectivity index (χ0v) is 14.6. The highest BCUT2D eigenvalue weighted by Gasteiger charge is 2.23. The maximum atomic E-state index is 12.1. The van der Waals surface area contributed by atoms with E-state index < -0.39 is 0 Å². The number of hydrogen-bond donors (Lipinski definition) is 0. The summed E-state index contributed by atoms with van der Waals surface area (Å²) in [7, 11) is 0. The molecule has 1 aromatic carbocycles. The molecule has 1 fully saturated rings. The van der Waals surface area contributed by atoms with Crippen molar-refractivity contribution in [3.63, 3.8) is 0 Å². The van der Waals surface area contributed by atoms with Crippen molar-refractivity contribution in [2.75, 3.05) is 31.1 Å². The number of aryl methyl sites for hydroxylation is 1. The minimum atomic E-state index is 0.329. The fourth-order valence-corrected chi connectivity index (χ4v) is 3.25. The number of hydrogen-bond acceptors (Lipinski definition) is 2. The normalized spacial score (nSPS) is 15.5. The number of unbranched alkanes of at least 4 members (excludes halogenated alkanes) is 1. The number of anilines is 1. The topological polar surface area (TPSA) is 23.6 Å². The van der Waals surface area contributed by atoms with Gasteiger partial charge in [0.1, 0.15) is 0 Å². The van der Waals surface area contributed by atoms with E-state index in [2.05, 4.69) is 50.8 Å². The van der Waals surface area contributed by atoms with E-state index in [9.17, 15) is 4.79 Å². The lowest BCUT2D eigenvalue weighted by Crippen LogP contribution is -2.49. The van der Waals surface area contributed by atoms with Gasteiger partial charge >= 0.3 is 0 Å². The molecule has 0 saturated carbocycles. The van der Waals surface area contributed by atoms with Crippen molar-refractivity contribution in [1.82, 2.24) is 4.90 Å². The first-order valence-corrected chi connectivity index (χ1v) is 8.66. The van der Waals surface area contributed by atoms with Crippen molar-refractivity contribution in [1.29, 1.82) is 0 Å². The molecule has 1 aromatic rings. The highest BCUT2D eigenvalue weighted by molar-refractivity contribution is 5.76. The van der Waals surface area contributed by atoms with Gasteiger partial charge in [-0.05, 0) is 30.4 Å². The van der Waals surface area contributed by atoms with E-state index in [0.717, 1.165) is 39.0 Å². The molecule has 1 heterocycles. The lowest BCUT2D eigenvalue weighted by molar-refractivity contribution is -0.131. The summed E-state index contributed by atoms with van der Waals surface area (Å²) in [5, 5.41) is 0. The summed E-state index contributed by atoms with van der Waals surface area (Å²) in [4.78, 5) is 16.7. The monoisotopic (exact) mass is 302 g/mol. The lowest BCUT2D eigenvalue weighted by Gasteiger charge is -2.38. The predicted octanol–water partition coefficient (Wildman–Crippen LogP) is 3.96. The number of rotatable bonds is 5. The van der Waals surface area contributed by atoms with Crippen molar-refractivity contribution in [3.8, 4) is 0 Å². The maximum Gasteiger partial charge on any atom is 0.222 e. The largest absolute Gasteiger partial charge is 0.368 e. The molecule has 1 aliphatic rings. The Morgan fingerprint density at radius 3 is 2.45 bits per heavy atom. The molecule has 0 aliphatic carbocycles. The quantitative estimate of drug-likeness (QED) is 0.822. The Morgan fingerprint density at radius 2 is 1.86 bits per heavy atom. The van der Waals surface area contributed by atoms with Crippen molar-refractivity contribution < 1.29 is 4.79 Å². The van der Waals surface area contributed by atoms with Crippen molar-refractivity contribution in [2.45, 2.75) is 52.9 Å². The first-order chi connectivity index (χ1) is 10.5. The molecule has 3 heteroatoms. The van der Waals surface area contributed by atoms with Gasteiger partial charge in [0, 0.05) is 38.3 Å². The van der Waals surface area contributed by atoms with E-state index in [1.807, 2.05) is 4.90 Å². The van der Waals surface area contributed by atoms with E-state index in [0.29, 0.717) is 18.2 Å². The SMILES string of the molecule is CCCCC(=O)N1CCN(c2c(C)cccc2C(C)C)CC1. The third-order valence-electron chi connectivity index (χ3n) is 4.58. The smallest absolute Gasteiger partial charge is 0.222 e. The van der Waals surface area contributed by atoms with Crippen molar-refractivity contribution in [2.24, 2.45) is 0 Å². The van der Waals surface area contributed by atoms with Crippen LogP contribution in [0.25, 0.3) is 0 Å². The molecule has 2 rings (SSSR count). The summed E-state index contributed by atoms with van der Waals surface area (Å²) in [6.45, 7) is 12.4. The van der Waals surface area contributed by atoms with Crippen LogP contribution in [-0.4, -0.2) is 37.0 Å². The van der Waals surface area contributed by atoms with Crippen LogP contribution in [0.1, 0.15) is 57.1 Å². The summed E-state index contributed by atoms with van der Waals surface area (Å²) in [6.07, 6.45) is 2.80. The summed E-state index contributed by atoms with van der Waals surface area (Å²) in [5.74, 6) is 0.856. The number of carbonyl (C=O) groups excluding carboxylic acids is 1. The second kappa shape index (κ2) is 7.66. The van der Waals surface area contributed by atoms with Gasteiger partial charge < -0.3 is 9.80 Å². The minimum Gasteiger partial charge on any atom is -0.368 e. The second-order valence-corrected chi connectivity index (χ2v) is 6.64. The molecule has 1 aliphatic heterocycles. The number of amides is 1. The zero-order chi connectivity index (χ0) is 16.1. The Labute approximate surface area is 135 Å². The van der Waals surface area contributed by atoms with Crippen LogP contribution in [0.4, 0.5) is 5.69 Å². The Balaban J connectivity index is 2.05. The molecule has 1 amide bonds. The van der Waals surface area contributed by atoms with E-state index >= 15 is 0 Å². The molecule has 0 atom stereocenters. The fourth-order valence-electron chi connectivity index (χ4n) is 3.25. The van der Waals surface area contributed by atoms with Gasteiger partial charge in [0.25, 0.3) is 0 Å². The Kier molecular flexibility index (Phi) is 5.87. The standard InChI is InChI=1S/C19H30N2O/c1-5-6-10-18(22)20-11-13-21(14-12-20)19-16(4)8-7-9-17(19)15(2)3/h7-9,15H,5-6,10-14H2,1-4H3. The molecule has 0 bridgehead atoms. The van der Waals surface area contributed by atoms with E-state index in [1.165, 1.54) is 16.8 Å². The van der Waals surface area contributed by atoms with E-state index in [4.69, 9.17) is 0 Å². The summed E-state index contributed by atoms with van der Waals surface area (Å²) >= 11 is 0. The zero-order valence-electron chi connectivity index (χ0n) is 14.6. The summed E-state index contributed by atoms with van der Waals surface area (Å²) < 4.78 is 0. The number of piperazine rings is 1. The third-order valence-corrected chi connectivity index (χ3v) is 4.58. The molecular weight excluding hydrogens is 272 g/mol. The Bertz CT molecular complexity index is 502. The average Bonchev–Trinajstić information content (AvgIpc) is 2.52. The highest BCUT2D eigenvalue weighted by Crippen LogP contribution is 2.31. The van der Waals surface area contributed by atoms with Gasteiger partial charge in [-0.3, -0.25) is 4.79 Å². The van der Waals surface area contributed by atoms with Crippen LogP contribution in [0.3, 0.4) is 0 Å². The Hall–Kier alpha value is -1.51. The molecule has 3 nitrogen and oxygen atoms in total. The van der Waals surface area contributed by atoms with Gasteiger partial charge in [-0.25, -0.2) is 0 Å². The van der Waals surface area contributed by atoms with Crippen LogP contribution in [0.5, 0.6) is 0 Å². The van der Waals surface area contributed by atoms with Gasteiger partial charge in [-0.2, -0.15) is 0 Å². The molecule has 1 saturated heterocycles. The molecule has 0 radical (unpaired) electrons. The van der Waals surface area contributed by atoms with Crippen LogP contribution in [0, 0.1) is 6.92 Å². The van der Waals surface area contributed by atoms with Crippen molar-refractivity contribution in [3.05, 3.63) is 29.3 Å². The van der Waals surface area contributed by atoms with Crippen molar-refractivity contribution >= 4 is 11.6 Å². The van der Waals surface area contributed by atoms with Crippen LogP contribution in [0.15, 0.2) is 18.2 Å². The molecule has 22 heavy (non-hydrogen) atoms. The lowest BCUT2D eigenvalue weighted by atomic mass is 9.97. The van der Waals surface area contributed by atoms with Gasteiger partial charge in [0.05, 0.1) is 0 Å². The highest BCUT2D eigenvalue weighted by atomic mass is 16.2.